The highest BCUT2D eigenvalue weighted by Crippen LogP contribution is 2.20. The summed E-state index contributed by atoms with van der Waals surface area (Å²) in [6, 6.07) is 3.01. The van der Waals surface area contributed by atoms with Gasteiger partial charge in [-0.2, -0.15) is 0 Å². The van der Waals surface area contributed by atoms with Crippen molar-refractivity contribution < 1.29 is 14.1 Å². The van der Waals surface area contributed by atoms with E-state index in [9.17, 15) is 19.3 Å². The van der Waals surface area contributed by atoms with E-state index in [1.54, 1.807) is 7.05 Å². The highest BCUT2D eigenvalue weighted by Gasteiger charge is 2.25. The second-order valence-corrected chi connectivity index (χ2v) is 5.52. The van der Waals surface area contributed by atoms with Gasteiger partial charge in [0.1, 0.15) is 5.82 Å². The zero-order valence-electron chi connectivity index (χ0n) is 12.1. The number of carbonyl (C=O) groups excluding carboxylic acids is 1. The van der Waals surface area contributed by atoms with E-state index >= 15 is 0 Å². The molecule has 2 rings (SSSR count). The van der Waals surface area contributed by atoms with Crippen LogP contribution < -0.4 is 0 Å². The Morgan fingerprint density at radius 1 is 1.57 bits per heavy atom. The molecular formula is C14H18FN3O3. The third-order valence-corrected chi connectivity index (χ3v) is 3.76. The lowest BCUT2D eigenvalue weighted by atomic mass is 10.1. The van der Waals surface area contributed by atoms with Gasteiger partial charge in [0.15, 0.2) is 0 Å². The summed E-state index contributed by atoms with van der Waals surface area (Å²) < 4.78 is 13.7. The molecule has 0 radical (unpaired) electrons. The third kappa shape index (κ3) is 3.55. The standard InChI is InChI=1S/C14H18FN3O3/c1-16-6-5-10(8-16)9-17(2)14(19)12-7-11(18(20)21)3-4-13(12)15/h3-4,7,10H,5-6,8-9H2,1-2H3. The van der Waals surface area contributed by atoms with Crippen molar-refractivity contribution in [2.45, 2.75) is 6.42 Å². The SMILES string of the molecule is CN1CCC(CN(C)C(=O)c2cc([N+](=O)[O-])ccc2F)C1. The maximum atomic E-state index is 13.7. The number of amides is 1. The van der Waals surface area contributed by atoms with Crippen LogP contribution in [0.1, 0.15) is 16.8 Å². The lowest BCUT2D eigenvalue weighted by Crippen LogP contribution is -2.33. The van der Waals surface area contributed by atoms with Crippen molar-refractivity contribution in [3.05, 3.63) is 39.7 Å². The Morgan fingerprint density at radius 3 is 2.86 bits per heavy atom. The molecule has 1 heterocycles. The zero-order chi connectivity index (χ0) is 15.6. The fourth-order valence-corrected chi connectivity index (χ4v) is 2.64. The van der Waals surface area contributed by atoms with Gasteiger partial charge in [-0.1, -0.05) is 0 Å². The second kappa shape index (κ2) is 6.17. The maximum absolute atomic E-state index is 13.7. The Kier molecular flexibility index (Phi) is 4.52. The van der Waals surface area contributed by atoms with Crippen LogP contribution in [0.5, 0.6) is 0 Å². The average molecular weight is 295 g/mol. The molecule has 21 heavy (non-hydrogen) atoms. The van der Waals surface area contributed by atoms with Gasteiger partial charge >= 0.3 is 0 Å². The fraction of sp³-hybridized carbons (Fsp3) is 0.500. The van der Waals surface area contributed by atoms with Crippen LogP contribution in [0.3, 0.4) is 0 Å². The number of hydrogen-bond acceptors (Lipinski definition) is 4. The smallest absolute Gasteiger partial charge is 0.270 e. The Hall–Kier alpha value is -2.02. The molecule has 1 amide bonds. The predicted molar refractivity (Wildman–Crippen MR) is 75.6 cm³/mol. The van der Waals surface area contributed by atoms with Crippen molar-refractivity contribution in [3.8, 4) is 0 Å². The molecule has 0 aromatic heterocycles. The van der Waals surface area contributed by atoms with Crippen LogP contribution >= 0.6 is 0 Å². The number of nitro benzene ring substituents is 1. The van der Waals surface area contributed by atoms with E-state index in [0.29, 0.717) is 12.5 Å². The minimum atomic E-state index is -0.735. The largest absolute Gasteiger partial charge is 0.341 e. The fourth-order valence-electron chi connectivity index (χ4n) is 2.64. The molecule has 1 aliphatic rings. The molecule has 0 spiro atoms. The molecule has 0 aliphatic carbocycles. The summed E-state index contributed by atoms with van der Waals surface area (Å²) in [6.45, 7) is 2.40. The van der Waals surface area contributed by atoms with E-state index in [1.807, 2.05) is 7.05 Å². The summed E-state index contributed by atoms with van der Waals surface area (Å²) >= 11 is 0. The van der Waals surface area contributed by atoms with Crippen molar-refractivity contribution in [1.82, 2.24) is 9.80 Å². The first-order chi connectivity index (χ1) is 9.88. The predicted octanol–water partition coefficient (Wildman–Crippen LogP) is 1.76. The van der Waals surface area contributed by atoms with Crippen molar-refractivity contribution in [2.75, 3.05) is 33.7 Å². The van der Waals surface area contributed by atoms with Gasteiger partial charge in [0.25, 0.3) is 11.6 Å². The lowest BCUT2D eigenvalue weighted by Gasteiger charge is -2.21. The molecule has 114 valence electrons. The molecule has 7 heteroatoms. The van der Waals surface area contributed by atoms with Gasteiger partial charge in [-0.15, -0.1) is 0 Å². The highest BCUT2D eigenvalue weighted by molar-refractivity contribution is 5.95. The van der Waals surface area contributed by atoms with Crippen molar-refractivity contribution in [3.63, 3.8) is 0 Å². The zero-order valence-corrected chi connectivity index (χ0v) is 12.1. The monoisotopic (exact) mass is 295 g/mol. The van der Waals surface area contributed by atoms with Crippen LogP contribution in [-0.2, 0) is 0 Å². The van der Waals surface area contributed by atoms with E-state index < -0.39 is 16.6 Å². The Bertz CT molecular complexity index is 564. The molecule has 0 N–H and O–H groups in total. The molecule has 1 unspecified atom stereocenters. The summed E-state index contributed by atoms with van der Waals surface area (Å²) in [7, 11) is 3.61. The van der Waals surface area contributed by atoms with Crippen LogP contribution in [0.4, 0.5) is 10.1 Å². The highest BCUT2D eigenvalue weighted by atomic mass is 19.1. The van der Waals surface area contributed by atoms with Crippen LogP contribution in [0.15, 0.2) is 18.2 Å². The van der Waals surface area contributed by atoms with Gasteiger partial charge in [-0.05, 0) is 32.0 Å². The molecule has 1 fully saturated rings. The number of nitrogens with zero attached hydrogens (tertiary/aromatic N) is 3. The van der Waals surface area contributed by atoms with Gasteiger partial charge in [-0.25, -0.2) is 4.39 Å². The summed E-state index contributed by atoms with van der Waals surface area (Å²) in [5.74, 6) is -0.905. The molecule has 0 saturated carbocycles. The minimum absolute atomic E-state index is 0.252. The van der Waals surface area contributed by atoms with E-state index in [-0.39, 0.29) is 11.3 Å². The molecule has 1 atom stereocenters. The van der Waals surface area contributed by atoms with Crippen molar-refractivity contribution in [1.29, 1.82) is 0 Å². The third-order valence-electron chi connectivity index (χ3n) is 3.76. The number of nitro groups is 1. The number of halogens is 1. The number of benzene rings is 1. The Balaban J connectivity index is 2.11. The van der Waals surface area contributed by atoms with Gasteiger partial charge in [0, 0.05) is 32.3 Å². The Morgan fingerprint density at radius 2 is 2.29 bits per heavy atom. The van der Waals surface area contributed by atoms with E-state index in [0.717, 1.165) is 37.7 Å². The van der Waals surface area contributed by atoms with E-state index in [2.05, 4.69) is 4.90 Å². The van der Waals surface area contributed by atoms with E-state index in [1.165, 1.54) is 4.90 Å². The molecular weight excluding hydrogens is 277 g/mol. The molecule has 1 aliphatic heterocycles. The average Bonchev–Trinajstić information content (AvgIpc) is 2.83. The van der Waals surface area contributed by atoms with E-state index in [4.69, 9.17) is 0 Å². The summed E-state index contributed by atoms with van der Waals surface area (Å²) in [5, 5.41) is 10.7. The Labute approximate surface area is 122 Å². The molecule has 6 nitrogen and oxygen atoms in total. The van der Waals surface area contributed by atoms with Crippen molar-refractivity contribution in [2.24, 2.45) is 5.92 Å². The molecule has 1 aromatic rings. The summed E-state index contributed by atoms with van der Waals surface area (Å²) in [5.41, 5.74) is -0.535. The van der Waals surface area contributed by atoms with Crippen LogP contribution in [0.25, 0.3) is 0 Å². The normalized spacial score (nSPS) is 18.7. The van der Waals surface area contributed by atoms with Crippen molar-refractivity contribution >= 4 is 11.6 Å². The molecule has 0 bridgehead atoms. The number of rotatable bonds is 4. The first-order valence-corrected chi connectivity index (χ1v) is 6.76. The number of carbonyl (C=O) groups is 1. The lowest BCUT2D eigenvalue weighted by molar-refractivity contribution is -0.384. The number of hydrogen-bond donors (Lipinski definition) is 0. The second-order valence-electron chi connectivity index (χ2n) is 5.52. The van der Waals surface area contributed by atoms with Gasteiger partial charge in [0.05, 0.1) is 10.5 Å². The van der Waals surface area contributed by atoms with Crippen LogP contribution in [0, 0.1) is 21.8 Å². The minimum Gasteiger partial charge on any atom is -0.341 e. The summed E-state index contributed by atoms with van der Waals surface area (Å²) in [6.07, 6.45) is 0.992. The van der Waals surface area contributed by atoms with Gasteiger partial charge < -0.3 is 9.80 Å². The van der Waals surface area contributed by atoms with Gasteiger partial charge in [-0.3, -0.25) is 14.9 Å². The first-order valence-electron chi connectivity index (χ1n) is 6.76. The van der Waals surface area contributed by atoms with Crippen LogP contribution in [0.2, 0.25) is 0 Å². The maximum Gasteiger partial charge on any atom is 0.270 e. The molecule has 1 saturated heterocycles. The van der Waals surface area contributed by atoms with Gasteiger partial charge in [0.2, 0.25) is 0 Å². The first kappa shape index (κ1) is 15.4. The van der Waals surface area contributed by atoms with Crippen LogP contribution in [-0.4, -0.2) is 54.4 Å². The number of likely N-dealkylation sites (tertiary alicyclic amines) is 1. The topological polar surface area (TPSA) is 66.7 Å². The quantitative estimate of drug-likeness (QED) is 0.627. The summed E-state index contributed by atoms with van der Waals surface area (Å²) in [4.78, 5) is 26.0. The number of non-ortho nitro benzene ring substituents is 1. The molecule has 1 aromatic carbocycles.